The number of hydrogen-bond acceptors (Lipinski definition) is 5. The van der Waals surface area contributed by atoms with Crippen molar-refractivity contribution in [1.29, 1.82) is 0 Å². The second-order valence-electron chi connectivity index (χ2n) is 4.44. The highest BCUT2D eigenvalue weighted by atomic mass is 32.2. The maximum atomic E-state index is 11.7. The van der Waals surface area contributed by atoms with Crippen LogP contribution >= 0.6 is 0 Å². The second-order valence-corrected chi connectivity index (χ2v) is 6.36. The molecule has 1 atom stereocenters. The molecule has 6 nitrogen and oxygen atoms in total. The van der Waals surface area contributed by atoms with Gasteiger partial charge in [-0.2, -0.15) is 0 Å². The van der Waals surface area contributed by atoms with E-state index in [1.807, 2.05) is 0 Å². The van der Waals surface area contributed by atoms with E-state index in [0.29, 0.717) is 13.0 Å². The summed E-state index contributed by atoms with van der Waals surface area (Å²) in [5.74, 6) is 0.157. The molecule has 0 aliphatic carbocycles. The molecule has 0 aromatic rings. The molecule has 0 aromatic heterocycles. The van der Waals surface area contributed by atoms with Crippen molar-refractivity contribution in [3.05, 3.63) is 0 Å². The van der Waals surface area contributed by atoms with Gasteiger partial charge in [0.1, 0.15) is 0 Å². The topological polar surface area (TPSA) is 76.7 Å². The molecule has 0 aliphatic heterocycles. The third-order valence-corrected chi connectivity index (χ3v) is 4.09. The van der Waals surface area contributed by atoms with E-state index in [2.05, 4.69) is 17.0 Å². The van der Waals surface area contributed by atoms with Crippen molar-refractivity contribution in [2.24, 2.45) is 0 Å². The van der Waals surface area contributed by atoms with E-state index in [0.717, 1.165) is 25.9 Å². The summed E-state index contributed by atoms with van der Waals surface area (Å²) in [6.45, 7) is 4.58. The normalized spacial score (nSPS) is 13.6. The number of hydrogen-bond donors (Lipinski definition) is 2. The molecule has 116 valence electrons. The van der Waals surface area contributed by atoms with Crippen LogP contribution in [0.3, 0.4) is 0 Å². The van der Waals surface area contributed by atoms with Gasteiger partial charge in [-0.05, 0) is 32.4 Å². The molecule has 0 saturated carbocycles. The molecule has 0 aromatic carbocycles. The van der Waals surface area contributed by atoms with Crippen molar-refractivity contribution in [1.82, 2.24) is 10.0 Å². The van der Waals surface area contributed by atoms with Crippen molar-refractivity contribution in [3.8, 4) is 0 Å². The molecular weight excluding hydrogens is 268 g/mol. The van der Waals surface area contributed by atoms with Crippen molar-refractivity contribution in [3.63, 3.8) is 0 Å². The molecule has 0 saturated heterocycles. The van der Waals surface area contributed by atoms with Gasteiger partial charge in [-0.1, -0.05) is 6.92 Å². The summed E-state index contributed by atoms with van der Waals surface area (Å²) in [5.41, 5.74) is 0. The van der Waals surface area contributed by atoms with Crippen LogP contribution in [0.1, 0.15) is 26.2 Å². The van der Waals surface area contributed by atoms with Gasteiger partial charge in [0.05, 0.1) is 18.5 Å². The van der Waals surface area contributed by atoms with Gasteiger partial charge in [0, 0.05) is 20.8 Å². The van der Waals surface area contributed by atoms with E-state index in [9.17, 15) is 8.42 Å². The monoisotopic (exact) mass is 296 g/mol. The largest absolute Gasteiger partial charge is 0.382 e. The van der Waals surface area contributed by atoms with Gasteiger partial charge < -0.3 is 14.8 Å². The van der Waals surface area contributed by atoms with Gasteiger partial charge in [0.2, 0.25) is 10.0 Å². The quantitative estimate of drug-likeness (QED) is 0.480. The summed E-state index contributed by atoms with van der Waals surface area (Å²) < 4.78 is 36.0. The van der Waals surface area contributed by atoms with Gasteiger partial charge in [-0.3, -0.25) is 0 Å². The van der Waals surface area contributed by atoms with E-state index in [1.54, 1.807) is 7.11 Å². The minimum atomic E-state index is -3.21. The van der Waals surface area contributed by atoms with Gasteiger partial charge in [-0.25, -0.2) is 13.1 Å². The average molecular weight is 296 g/mol. The third kappa shape index (κ3) is 11.3. The van der Waals surface area contributed by atoms with Gasteiger partial charge >= 0.3 is 0 Å². The Labute approximate surface area is 117 Å². The first-order chi connectivity index (χ1) is 9.05. The van der Waals surface area contributed by atoms with Gasteiger partial charge in [0.15, 0.2) is 0 Å². The van der Waals surface area contributed by atoms with Crippen LogP contribution < -0.4 is 10.0 Å². The Kier molecular flexibility index (Phi) is 11.5. The smallest absolute Gasteiger partial charge is 0.211 e. The summed E-state index contributed by atoms with van der Waals surface area (Å²) in [7, 11) is -0.113. The fourth-order valence-electron chi connectivity index (χ4n) is 1.53. The predicted molar refractivity (Wildman–Crippen MR) is 76.9 cm³/mol. The standard InChI is InChI=1S/C12H28N2O4S/c1-4-7-13-8-5-6-9-19(15,16)14-10-12(18-3)11-17-2/h12-14H,4-11H2,1-3H3. The Morgan fingerprint density at radius 2 is 1.89 bits per heavy atom. The highest BCUT2D eigenvalue weighted by molar-refractivity contribution is 7.89. The Hall–Kier alpha value is -0.210. The van der Waals surface area contributed by atoms with E-state index < -0.39 is 10.0 Å². The summed E-state index contributed by atoms with van der Waals surface area (Å²) in [5, 5.41) is 3.25. The Balaban J connectivity index is 3.73. The lowest BCUT2D eigenvalue weighted by Gasteiger charge is -2.15. The first-order valence-corrected chi connectivity index (χ1v) is 8.40. The van der Waals surface area contributed by atoms with Crippen LogP contribution in [-0.2, 0) is 19.5 Å². The van der Waals surface area contributed by atoms with E-state index in [1.165, 1.54) is 7.11 Å². The molecule has 0 heterocycles. The van der Waals surface area contributed by atoms with Gasteiger partial charge in [0.25, 0.3) is 0 Å². The Bertz CT molecular complexity index is 296. The van der Waals surface area contributed by atoms with Gasteiger partial charge in [-0.15, -0.1) is 0 Å². The summed E-state index contributed by atoms with van der Waals surface area (Å²) in [4.78, 5) is 0. The van der Waals surface area contributed by atoms with E-state index in [4.69, 9.17) is 9.47 Å². The molecule has 0 radical (unpaired) electrons. The minimum absolute atomic E-state index is 0.157. The Morgan fingerprint density at radius 1 is 1.16 bits per heavy atom. The van der Waals surface area contributed by atoms with Crippen LogP contribution in [0.5, 0.6) is 0 Å². The Morgan fingerprint density at radius 3 is 2.47 bits per heavy atom. The number of ether oxygens (including phenoxy) is 2. The number of sulfonamides is 1. The summed E-state index contributed by atoms with van der Waals surface area (Å²) in [6, 6.07) is 0. The zero-order valence-electron chi connectivity index (χ0n) is 12.3. The number of rotatable bonds is 13. The molecular formula is C12H28N2O4S. The fourth-order valence-corrected chi connectivity index (χ4v) is 2.70. The first kappa shape index (κ1) is 18.8. The number of methoxy groups -OCH3 is 2. The van der Waals surface area contributed by atoms with Crippen molar-refractivity contribution in [2.45, 2.75) is 32.3 Å². The van der Waals surface area contributed by atoms with Crippen LogP contribution in [0.25, 0.3) is 0 Å². The lowest BCUT2D eigenvalue weighted by molar-refractivity contribution is 0.0320. The van der Waals surface area contributed by atoms with Crippen molar-refractivity contribution in [2.75, 3.05) is 46.2 Å². The zero-order chi connectivity index (χ0) is 14.6. The molecule has 0 spiro atoms. The van der Waals surface area contributed by atoms with Crippen molar-refractivity contribution >= 4 is 10.0 Å². The minimum Gasteiger partial charge on any atom is -0.382 e. The van der Waals surface area contributed by atoms with Crippen LogP contribution in [0.15, 0.2) is 0 Å². The van der Waals surface area contributed by atoms with Crippen LogP contribution in [-0.4, -0.2) is 60.7 Å². The molecule has 0 fully saturated rings. The predicted octanol–water partition coefficient (Wildman–Crippen LogP) is 0.347. The van der Waals surface area contributed by atoms with E-state index >= 15 is 0 Å². The summed E-state index contributed by atoms with van der Waals surface area (Å²) >= 11 is 0. The average Bonchev–Trinajstić information content (AvgIpc) is 2.38. The number of nitrogens with one attached hydrogen (secondary N) is 2. The highest BCUT2D eigenvalue weighted by Gasteiger charge is 2.13. The summed E-state index contributed by atoms with van der Waals surface area (Å²) in [6.07, 6.45) is 2.38. The molecule has 0 rings (SSSR count). The van der Waals surface area contributed by atoms with E-state index in [-0.39, 0.29) is 18.4 Å². The molecule has 19 heavy (non-hydrogen) atoms. The fraction of sp³-hybridized carbons (Fsp3) is 1.00. The zero-order valence-corrected chi connectivity index (χ0v) is 13.1. The van der Waals surface area contributed by atoms with Crippen LogP contribution in [0.2, 0.25) is 0 Å². The lowest BCUT2D eigenvalue weighted by atomic mass is 10.3. The van der Waals surface area contributed by atoms with Crippen LogP contribution in [0.4, 0.5) is 0 Å². The SMILES string of the molecule is CCCNCCCCS(=O)(=O)NCC(COC)OC. The van der Waals surface area contributed by atoms with Crippen molar-refractivity contribution < 1.29 is 17.9 Å². The number of unbranched alkanes of at least 4 members (excludes halogenated alkanes) is 1. The maximum Gasteiger partial charge on any atom is 0.211 e. The molecule has 1 unspecified atom stereocenters. The first-order valence-electron chi connectivity index (χ1n) is 6.75. The highest BCUT2D eigenvalue weighted by Crippen LogP contribution is 1.96. The maximum absolute atomic E-state index is 11.7. The molecule has 2 N–H and O–H groups in total. The molecule has 0 amide bonds. The molecule has 0 bridgehead atoms. The lowest BCUT2D eigenvalue weighted by Crippen LogP contribution is -2.36. The molecule has 0 aliphatic rings. The molecule has 7 heteroatoms. The van der Waals surface area contributed by atoms with Crippen LogP contribution in [0, 0.1) is 0 Å². The third-order valence-electron chi connectivity index (χ3n) is 2.66. The second kappa shape index (κ2) is 11.6.